The Morgan fingerprint density at radius 3 is 2.47 bits per heavy atom. The zero-order valence-electron chi connectivity index (χ0n) is 10.7. The average molecular weight is 234 g/mol. The topological polar surface area (TPSA) is 18.5 Å². The molecule has 1 aliphatic heterocycles. The molecular weight excluding hydrogens is 212 g/mol. The second-order valence-electron chi connectivity index (χ2n) is 4.69. The van der Waals surface area contributed by atoms with E-state index in [1.807, 2.05) is 12.1 Å². The van der Waals surface area contributed by atoms with E-state index in [-0.39, 0.29) is 6.10 Å². The molecule has 1 atom stereocenters. The molecule has 2 rings (SSSR count). The quantitative estimate of drug-likeness (QED) is 0.766. The van der Waals surface area contributed by atoms with Crippen LogP contribution in [0.15, 0.2) is 24.3 Å². The summed E-state index contributed by atoms with van der Waals surface area (Å²) in [5, 5.41) is 0. The van der Waals surface area contributed by atoms with Crippen LogP contribution in [0, 0.1) is 0 Å². The molecule has 1 aromatic carbocycles. The van der Waals surface area contributed by atoms with Crippen LogP contribution in [0.3, 0.4) is 0 Å². The number of rotatable bonds is 2. The molecule has 1 aliphatic rings. The van der Waals surface area contributed by atoms with Gasteiger partial charge in [0.2, 0.25) is 0 Å². The Bertz CT molecular complexity index is 308. The van der Waals surface area contributed by atoms with Gasteiger partial charge in [0.25, 0.3) is 0 Å². The maximum Gasteiger partial charge on any atom is 0.118 e. The van der Waals surface area contributed by atoms with Gasteiger partial charge in [-0.2, -0.15) is 0 Å². The molecule has 0 unspecified atom stereocenters. The summed E-state index contributed by atoms with van der Waals surface area (Å²) in [5.74, 6) is 0.914. The van der Waals surface area contributed by atoms with Crippen molar-refractivity contribution in [2.45, 2.75) is 44.6 Å². The first-order chi connectivity index (χ1) is 8.40. The first-order valence-electron chi connectivity index (χ1n) is 6.66. The Balaban J connectivity index is 2.01. The van der Waals surface area contributed by atoms with Crippen molar-refractivity contribution in [3.63, 3.8) is 0 Å². The molecular formula is C15H22O2. The minimum Gasteiger partial charge on any atom is -0.497 e. The lowest BCUT2D eigenvalue weighted by atomic mass is 10.0. The molecule has 0 N–H and O–H groups in total. The number of hydrogen-bond acceptors (Lipinski definition) is 2. The zero-order chi connectivity index (χ0) is 11.9. The molecule has 1 aromatic rings. The number of ether oxygens (including phenoxy) is 2. The van der Waals surface area contributed by atoms with Gasteiger partial charge in [-0.05, 0) is 30.5 Å². The van der Waals surface area contributed by atoms with E-state index in [4.69, 9.17) is 9.47 Å². The minimum atomic E-state index is 0.277. The average Bonchev–Trinajstić information content (AvgIpc) is 2.52. The predicted molar refractivity (Wildman–Crippen MR) is 69.4 cm³/mol. The molecule has 0 bridgehead atoms. The highest BCUT2D eigenvalue weighted by molar-refractivity contribution is 5.28. The van der Waals surface area contributed by atoms with Gasteiger partial charge < -0.3 is 9.47 Å². The van der Waals surface area contributed by atoms with E-state index >= 15 is 0 Å². The lowest BCUT2D eigenvalue weighted by molar-refractivity contribution is 0.0461. The van der Waals surface area contributed by atoms with Gasteiger partial charge >= 0.3 is 0 Å². The van der Waals surface area contributed by atoms with Gasteiger partial charge in [-0.25, -0.2) is 0 Å². The van der Waals surface area contributed by atoms with Crippen LogP contribution in [0.1, 0.15) is 50.2 Å². The van der Waals surface area contributed by atoms with E-state index in [0.29, 0.717) is 0 Å². The molecule has 0 radical (unpaired) electrons. The fraction of sp³-hybridized carbons (Fsp3) is 0.600. The van der Waals surface area contributed by atoms with E-state index in [1.54, 1.807) is 7.11 Å². The second-order valence-corrected chi connectivity index (χ2v) is 4.69. The lowest BCUT2D eigenvalue weighted by Gasteiger charge is -2.17. The third-order valence-corrected chi connectivity index (χ3v) is 3.42. The van der Waals surface area contributed by atoms with Crippen LogP contribution < -0.4 is 4.74 Å². The van der Waals surface area contributed by atoms with Crippen molar-refractivity contribution < 1.29 is 9.47 Å². The van der Waals surface area contributed by atoms with Crippen LogP contribution in [0.4, 0.5) is 0 Å². The van der Waals surface area contributed by atoms with Crippen molar-refractivity contribution in [3.8, 4) is 5.75 Å². The van der Waals surface area contributed by atoms with Gasteiger partial charge in [0, 0.05) is 6.61 Å². The van der Waals surface area contributed by atoms with Crippen molar-refractivity contribution in [1.82, 2.24) is 0 Å². The van der Waals surface area contributed by atoms with Gasteiger partial charge in [-0.15, -0.1) is 0 Å². The van der Waals surface area contributed by atoms with E-state index in [1.165, 1.54) is 37.7 Å². The number of methoxy groups -OCH3 is 1. The van der Waals surface area contributed by atoms with Gasteiger partial charge in [0.15, 0.2) is 0 Å². The monoisotopic (exact) mass is 234 g/mol. The summed E-state index contributed by atoms with van der Waals surface area (Å²) in [6, 6.07) is 8.29. The highest BCUT2D eigenvalue weighted by Crippen LogP contribution is 2.27. The third kappa shape index (κ3) is 3.74. The maximum absolute atomic E-state index is 5.98. The van der Waals surface area contributed by atoms with Crippen molar-refractivity contribution in [3.05, 3.63) is 29.8 Å². The molecule has 0 saturated carbocycles. The summed E-state index contributed by atoms with van der Waals surface area (Å²) in [6.07, 6.45) is 7.92. The normalized spacial score (nSPS) is 22.3. The molecule has 17 heavy (non-hydrogen) atoms. The van der Waals surface area contributed by atoms with Crippen molar-refractivity contribution in [2.75, 3.05) is 13.7 Å². The van der Waals surface area contributed by atoms with Gasteiger partial charge in [0.1, 0.15) is 5.75 Å². The molecule has 0 spiro atoms. The highest BCUT2D eigenvalue weighted by atomic mass is 16.5. The number of benzene rings is 1. The Kier molecular flexibility index (Phi) is 4.87. The summed E-state index contributed by atoms with van der Waals surface area (Å²) in [5.41, 5.74) is 1.28. The number of hydrogen-bond donors (Lipinski definition) is 0. The van der Waals surface area contributed by atoms with Crippen molar-refractivity contribution in [1.29, 1.82) is 0 Å². The summed E-state index contributed by atoms with van der Waals surface area (Å²) >= 11 is 0. The molecule has 2 nitrogen and oxygen atoms in total. The lowest BCUT2D eigenvalue weighted by Crippen LogP contribution is -2.05. The molecule has 94 valence electrons. The smallest absolute Gasteiger partial charge is 0.118 e. The second kappa shape index (κ2) is 6.65. The summed E-state index contributed by atoms with van der Waals surface area (Å²) in [7, 11) is 1.70. The van der Waals surface area contributed by atoms with E-state index < -0.39 is 0 Å². The van der Waals surface area contributed by atoms with Crippen LogP contribution in [-0.4, -0.2) is 13.7 Å². The van der Waals surface area contributed by atoms with Crippen LogP contribution in [-0.2, 0) is 4.74 Å². The molecule has 1 saturated heterocycles. The SMILES string of the molecule is COc1ccc([C@@H]2CCCCCCCO2)cc1. The summed E-state index contributed by atoms with van der Waals surface area (Å²) in [4.78, 5) is 0. The van der Waals surface area contributed by atoms with E-state index in [0.717, 1.165) is 18.8 Å². The molecule has 0 aromatic heterocycles. The van der Waals surface area contributed by atoms with Crippen LogP contribution >= 0.6 is 0 Å². The first-order valence-corrected chi connectivity index (χ1v) is 6.66. The fourth-order valence-electron chi connectivity index (χ4n) is 2.35. The molecule has 1 fully saturated rings. The minimum absolute atomic E-state index is 0.277. The van der Waals surface area contributed by atoms with Gasteiger partial charge in [-0.1, -0.05) is 37.8 Å². The zero-order valence-corrected chi connectivity index (χ0v) is 10.7. The Morgan fingerprint density at radius 2 is 1.71 bits per heavy atom. The van der Waals surface area contributed by atoms with Gasteiger partial charge in [0.05, 0.1) is 13.2 Å². The van der Waals surface area contributed by atoms with E-state index in [2.05, 4.69) is 12.1 Å². The standard InChI is InChI=1S/C15H22O2/c1-16-14-10-8-13(9-11-14)15-7-5-3-2-4-6-12-17-15/h8-11,15H,2-7,12H2,1H3/t15-/m0/s1. The van der Waals surface area contributed by atoms with Gasteiger partial charge in [-0.3, -0.25) is 0 Å². The molecule has 0 aliphatic carbocycles. The van der Waals surface area contributed by atoms with Crippen LogP contribution in [0.2, 0.25) is 0 Å². The first kappa shape index (κ1) is 12.4. The van der Waals surface area contributed by atoms with Crippen molar-refractivity contribution >= 4 is 0 Å². The Morgan fingerprint density at radius 1 is 1.00 bits per heavy atom. The van der Waals surface area contributed by atoms with Crippen LogP contribution in [0.25, 0.3) is 0 Å². The Labute approximate surface area is 104 Å². The summed E-state index contributed by atoms with van der Waals surface area (Å²) in [6.45, 7) is 0.899. The third-order valence-electron chi connectivity index (χ3n) is 3.42. The van der Waals surface area contributed by atoms with Crippen molar-refractivity contribution in [2.24, 2.45) is 0 Å². The molecule has 0 amide bonds. The summed E-state index contributed by atoms with van der Waals surface area (Å²) < 4.78 is 11.2. The van der Waals surface area contributed by atoms with Crippen LogP contribution in [0.5, 0.6) is 5.75 Å². The largest absolute Gasteiger partial charge is 0.497 e. The van der Waals surface area contributed by atoms with E-state index in [9.17, 15) is 0 Å². The molecule has 1 heterocycles. The predicted octanol–water partition coefficient (Wildman–Crippen LogP) is 4.11. The fourth-order valence-corrected chi connectivity index (χ4v) is 2.35. The maximum atomic E-state index is 5.98. The highest BCUT2D eigenvalue weighted by Gasteiger charge is 2.13. The Hall–Kier alpha value is -1.02. The molecule has 2 heteroatoms.